The number of hydrogen-bond acceptors (Lipinski definition) is 7. The van der Waals surface area contributed by atoms with Crippen molar-refractivity contribution in [2.45, 2.75) is 91.0 Å². The van der Waals surface area contributed by atoms with Gasteiger partial charge in [-0.25, -0.2) is 4.39 Å². The minimum absolute atomic E-state index is 0.0291. The van der Waals surface area contributed by atoms with Crippen molar-refractivity contribution in [3.8, 4) is 16.9 Å². The predicted octanol–water partition coefficient (Wildman–Crippen LogP) is 7.76. The van der Waals surface area contributed by atoms with Gasteiger partial charge in [0.1, 0.15) is 23.8 Å². The van der Waals surface area contributed by atoms with E-state index < -0.39 is 71.5 Å². The molecule has 0 spiro atoms. The van der Waals surface area contributed by atoms with E-state index >= 15 is 4.39 Å². The number of esters is 1. The fourth-order valence-electron chi connectivity index (χ4n) is 6.75. The van der Waals surface area contributed by atoms with E-state index in [-0.39, 0.29) is 36.5 Å². The van der Waals surface area contributed by atoms with Crippen molar-refractivity contribution in [3.05, 3.63) is 75.8 Å². The van der Waals surface area contributed by atoms with E-state index in [0.29, 0.717) is 41.1 Å². The van der Waals surface area contributed by atoms with Crippen LogP contribution in [-0.4, -0.2) is 78.6 Å². The van der Waals surface area contributed by atoms with Crippen LogP contribution in [0.3, 0.4) is 0 Å². The van der Waals surface area contributed by atoms with Gasteiger partial charge in [0.15, 0.2) is 0 Å². The van der Waals surface area contributed by atoms with Gasteiger partial charge in [-0.3, -0.25) is 9.59 Å². The van der Waals surface area contributed by atoms with E-state index in [1.807, 2.05) is 4.90 Å². The number of nitrogens with zero attached hydrogens (tertiary/aromatic N) is 2. The molecule has 0 radical (unpaired) electrons. The molecule has 53 heavy (non-hydrogen) atoms. The average molecular weight is 758 g/mol. The first kappa shape index (κ1) is 41.6. The first-order valence-electron chi connectivity index (χ1n) is 17.5. The fraction of sp³-hybridized carbons (Fsp3) is 0.526. The molecule has 2 aliphatic rings. The number of hydrogen-bond donors (Lipinski definition) is 2. The van der Waals surface area contributed by atoms with Crippen LogP contribution >= 0.6 is 0 Å². The molecule has 0 bridgehead atoms. The number of carbonyl (C=O) groups is 2. The second-order valence-electron chi connectivity index (χ2n) is 13.8. The van der Waals surface area contributed by atoms with Gasteiger partial charge in [0.05, 0.1) is 37.3 Å². The van der Waals surface area contributed by atoms with Gasteiger partial charge < -0.3 is 29.7 Å². The Morgan fingerprint density at radius 1 is 1.06 bits per heavy atom. The Kier molecular flexibility index (Phi) is 13.3. The van der Waals surface area contributed by atoms with Crippen molar-refractivity contribution in [2.24, 2.45) is 5.92 Å². The molecular formula is C38H46F7N3O5. The Bertz CT molecular complexity index is 1720. The summed E-state index contributed by atoms with van der Waals surface area (Å²) in [6.45, 7) is 9.90. The van der Waals surface area contributed by atoms with E-state index in [1.54, 1.807) is 39.8 Å². The number of aryl methyl sites for hydroxylation is 1. The quantitative estimate of drug-likeness (QED) is 0.150. The first-order chi connectivity index (χ1) is 24.8. The molecule has 8 nitrogen and oxygen atoms in total. The SMILES string of the molecule is CCOC(=O)C[C@H](NC(=O)C(CC(C)C)N1C=C(CCN2CCC2)C(C(F)(F)F)=CC1O)c1cc(-c2c(C)ccc(OC)c2C)cc(C(F)(F)F)c1F. The zero-order valence-electron chi connectivity index (χ0n) is 30.6. The van der Waals surface area contributed by atoms with Crippen molar-refractivity contribution < 1.29 is 54.9 Å². The van der Waals surface area contributed by atoms with Crippen LogP contribution in [0.4, 0.5) is 30.7 Å². The number of aliphatic hydroxyl groups is 1. The third kappa shape index (κ3) is 9.91. The number of methoxy groups -OCH3 is 1. The van der Waals surface area contributed by atoms with E-state index in [2.05, 4.69) is 5.32 Å². The third-order valence-electron chi connectivity index (χ3n) is 9.49. The van der Waals surface area contributed by atoms with Gasteiger partial charge >= 0.3 is 18.3 Å². The molecule has 2 N–H and O–H groups in total. The second kappa shape index (κ2) is 16.9. The highest BCUT2D eigenvalue weighted by atomic mass is 19.4. The zero-order valence-corrected chi connectivity index (χ0v) is 30.6. The Labute approximate surface area is 304 Å². The van der Waals surface area contributed by atoms with Gasteiger partial charge in [0, 0.05) is 18.3 Å². The highest BCUT2D eigenvalue weighted by Crippen LogP contribution is 2.42. The zero-order chi connectivity index (χ0) is 39.4. The molecule has 0 aliphatic carbocycles. The van der Waals surface area contributed by atoms with E-state index in [0.717, 1.165) is 36.7 Å². The summed E-state index contributed by atoms with van der Waals surface area (Å²) in [4.78, 5) is 30.1. The van der Waals surface area contributed by atoms with Crippen molar-refractivity contribution in [2.75, 3.05) is 33.4 Å². The van der Waals surface area contributed by atoms with Gasteiger partial charge in [-0.05, 0) is 111 Å². The van der Waals surface area contributed by atoms with Crippen molar-refractivity contribution in [1.29, 1.82) is 0 Å². The number of nitrogens with one attached hydrogen (secondary N) is 1. The lowest BCUT2D eigenvalue weighted by Gasteiger charge is -2.39. The summed E-state index contributed by atoms with van der Waals surface area (Å²) in [5, 5.41) is 13.5. The number of benzene rings is 2. The molecule has 0 saturated carbocycles. The number of aliphatic hydroxyl groups excluding tert-OH is 1. The molecule has 2 aromatic rings. The van der Waals surface area contributed by atoms with Crippen molar-refractivity contribution >= 4 is 11.9 Å². The first-order valence-corrected chi connectivity index (χ1v) is 17.5. The smallest absolute Gasteiger partial charge is 0.419 e. The lowest BCUT2D eigenvalue weighted by atomic mass is 9.89. The molecule has 4 rings (SSSR count). The summed E-state index contributed by atoms with van der Waals surface area (Å²) in [6, 6.07) is 1.94. The van der Waals surface area contributed by atoms with Crippen molar-refractivity contribution in [3.63, 3.8) is 0 Å². The average Bonchev–Trinajstić information content (AvgIpc) is 3.02. The molecule has 1 amide bonds. The Morgan fingerprint density at radius 2 is 1.74 bits per heavy atom. The Morgan fingerprint density at radius 3 is 2.28 bits per heavy atom. The highest BCUT2D eigenvalue weighted by Gasteiger charge is 2.42. The molecule has 1 fully saturated rings. The van der Waals surface area contributed by atoms with Crippen LogP contribution in [0.5, 0.6) is 5.75 Å². The molecule has 292 valence electrons. The number of carbonyl (C=O) groups excluding carboxylic acids is 2. The number of allylic oxidation sites excluding steroid dienone is 1. The van der Waals surface area contributed by atoms with Gasteiger partial charge in [-0.1, -0.05) is 19.9 Å². The lowest BCUT2D eigenvalue weighted by Crippen LogP contribution is -2.51. The highest BCUT2D eigenvalue weighted by molar-refractivity contribution is 5.84. The summed E-state index contributed by atoms with van der Waals surface area (Å²) in [5.74, 6) is -3.55. The number of alkyl halides is 6. The monoisotopic (exact) mass is 757 g/mol. The lowest BCUT2D eigenvalue weighted by molar-refractivity contribution is -0.144. The van der Waals surface area contributed by atoms with Crippen LogP contribution in [0.1, 0.15) is 74.8 Å². The van der Waals surface area contributed by atoms with E-state index in [4.69, 9.17) is 9.47 Å². The largest absolute Gasteiger partial charge is 0.496 e. The molecule has 3 atom stereocenters. The molecule has 0 aromatic heterocycles. The minimum atomic E-state index is -5.19. The van der Waals surface area contributed by atoms with Gasteiger partial charge in [-0.2, -0.15) is 26.3 Å². The Hall–Kier alpha value is -4.11. The number of likely N-dealkylation sites (tertiary alicyclic amines) is 1. The molecule has 15 heteroatoms. The van der Waals surface area contributed by atoms with Crippen LogP contribution in [0.25, 0.3) is 11.1 Å². The van der Waals surface area contributed by atoms with Crippen LogP contribution in [0, 0.1) is 25.6 Å². The maximum Gasteiger partial charge on any atom is 0.419 e. The maximum absolute atomic E-state index is 16.1. The number of halogens is 7. The van der Waals surface area contributed by atoms with Crippen molar-refractivity contribution in [1.82, 2.24) is 15.1 Å². The van der Waals surface area contributed by atoms with E-state index in [1.165, 1.54) is 14.0 Å². The molecule has 1 saturated heterocycles. The molecular weight excluding hydrogens is 711 g/mol. The standard InChI is InChI=1S/C38H46F7N3O5/c1-7-53-33(50)19-29(26-16-25(17-28(35(26)39)38(43,44)45)34-22(4)9-10-31(52-6)23(34)5)46-36(51)30(15-21(2)3)48-20-24(11-14-47-12-8-13-47)27(18-32(48)49)37(40,41)42/h9-10,16-18,20-21,29-30,32,49H,7-8,11-15,19H2,1-6H3,(H,46,51)/t29-,30?,32?/m0/s1. The van der Waals surface area contributed by atoms with E-state index in [9.17, 15) is 41.0 Å². The summed E-state index contributed by atoms with van der Waals surface area (Å²) in [7, 11) is 1.39. The summed E-state index contributed by atoms with van der Waals surface area (Å²) >= 11 is 0. The Balaban J connectivity index is 1.83. The second-order valence-corrected chi connectivity index (χ2v) is 13.8. The third-order valence-corrected chi connectivity index (χ3v) is 9.49. The molecule has 2 heterocycles. The topological polar surface area (TPSA) is 91.3 Å². The summed E-state index contributed by atoms with van der Waals surface area (Å²) < 4.78 is 112. The van der Waals surface area contributed by atoms with Crippen LogP contribution in [-0.2, 0) is 20.5 Å². The molecule has 2 aromatic carbocycles. The predicted molar refractivity (Wildman–Crippen MR) is 184 cm³/mol. The molecule has 2 unspecified atom stereocenters. The number of rotatable bonds is 14. The fourth-order valence-corrected chi connectivity index (χ4v) is 6.75. The van der Waals surface area contributed by atoms with Crippen LogP contribution in [0.15, 0.2) is 47.7 Å². The summed E-state index contributed by atoms with van der Waals surface area (Å²) in [5.41, 5.74) is -2.23. The number of ether oxygens (including phenoxy) is 2. The maximum atomic E-state index is 16.1. The number of amides is 1. The van der Waals surface area contributed by atoms with Crippen LogP contribution < -0.4 is 10.1 Å². The van der Waals surface area contributed by atoms with Gasteiger partial charge in [0.25, 0.3) is 0 Å². The normalized spacial score (nSPS) is 17.9. The molecule has 2 aliphatic heterocycles. The summed E-state index contributed by atoms with van der Waals surface area (Å²) in [6.07, 6.45) is -10.1. The van der Waals surface area contributed by atoms with Crippen LogP contribution in [0.2, 0.25) is 0 Å². The minimum Gasteiger partial charge on any atom is -0.496 e. The van der Waals surface area contributed by atoms with Gasteiger partial charge in [0.2, 0.25) is 5.91 Å². The van der Waals surface area contributed by atoms with Gasteiger partial charge in [-0.15, -0.1) is 0 Å².